The van der Waals surface area contributed by atoms with Crippen molar-refractivity contribution < 1.29 is 18.7 Å². The maximum absolute atomic E-state index is 12.3. The summed E-state index contributed by atoms with van der Waals surface area (Å²) in [5.74, 6) is -0.328. The van der Waals surface area contributed by atoms with Crippen molar-refractivity contribution in [2.45, 2.75) is 46.3 Å². The first-order valence-electron chi connectivity index (χ1n) is 8.85. The molecule has 2 heterocycles. The number of benzene rings is 1. The Balaban J connectivity index is 1.61. The lowest BCUT2D eigenvalue weighted by molar-refractivity contribution is -0.152. The van der Waals surface area contributed by atoms with Crippen LogP contribution >= 0.6 is 0 Å². The van der Waals surface area contributed by atoms with Crippen molar-refractivity contribution in [3.05, 3.63) is 47.9 Å². The number of hydrogen-bond acceptors (Lipinski definition) is 5. The largest absolute Gasteiger partial charge is 0.464 e. The summed E-state index contributed by atoms with van der Waals surface area (Å²) in [7, 11) is 0. The number of carbonyl (C=O) groups is 2. The van der Waals surface area contributed by atoms with Gasteiger partial charge in [-0.15, -0.1) is 0 Å². The molecule has 3 aromatic rings. The number of esters is 1. The Kier molecular flexibility index (Phi) is 5.30. The molecule has 0 saturated carbocycles. The summed E-state index contributed by atoms with van der Waals surface area (Å²) < 4.78 is 12.5. The highest BCUT2D eigenvalue weighted by Crippen LogP contribution is 2.23. The van der Waals surface area contributed by atoms with Gasteiger partial charge in [-0.3, -0.25) is 9.59 Å². The molecule has 7 nitrogen and oxygen atoms in total. The SMILES string of the molecule is Cc1ccc2c(CC(=O)O[C@@H](C)C(=O)Nc3ccnn3C(C)C)coc2c1. The second-order valence-corrected chi connectivity index (χ2v) is 6.81. The maximum Gasteiger partial charge on any atom is 0.311 e. The molecule has 1 amide bonds. The molecule has 1 atom stereocenters. The molecule has 1 aromatic carbocycles. The number of nitrogens with one attached hydrogen (secondary N) is 1. The molecule has 27 heavy (non-hydrogen) atoms. The second-order valence-electron chi connectivity index (χ2n) is 6.81. The summed E-state index contributed by atoms with van der Waals surface area (Å²) >= 11 is 0. The molecule has 0 saturated heterocycles. The highest BCUT2D eigenvalue weighted by atomic mass is 16.5. The smallest absolute Gasteiger partial charge is 0.311 e. The molecule has 2 aromatic heterocycles. The number of carbonyl (C=O) groups excluding carboxylic acids is 2. The Labute approximate surface area is 157 Å². The summed E-state index contributed by atoms with van der Waals surface area (Å²) in [6.45, 7) is 7.44. The molecule has 0 aliphatic rings. The van der Waals surface area contributed by atoms with Crippen LogP contribution in [0.2, 0.25) is 0 Å². The van der Waals surface area contributed by atoms with Gasteiger partial charge in [-0.1, -0.05) is 12.1 Å². The van der Waals surface area contributed by atoms with Gasteiger partial charge in [-0.05, 0) is 39.3 Å². The Morgan fingerprint density at radius 1 is 1.26 bits per heavy atom. The number of rotatable bonds is 6. The third-order valence-corrected chi connectivity index (χ3v) is 4.23. The van der Waals surface area contributed by atoms with Gasteiger partial charge in [0.1, 0.15) is 11.4 Å². The molecule has 1 N–H and O–H groups in total. The van der Waals surface area contributed by atoms with Crippen molar-refractivity contribution in [3.8, 4) is 0 Å². The predicted octanol–water partition coefficient (Wildman–Crippen LogP) is 3.63. The average molecular weight is 369 g/mol. The van der Waals surface area contributed by atoms with Gasteiger partial charge >= 0.3 is 5.97 Å². The zero-order valence-corrected chi connectivity index (χ0v) is 15.9. The Morgan fingerprint density at radius 2 is 2.04 bits per heavy atom. The fourth-order valence-electron chi connectivity index (χ4n) is 2.83. The fraction of sp³-hybridized carbons (Fsp3) is 0.350. The molecular weight excluding hydrogens is 346 g/mol. The van der Waals surface area contributed by atoms with Gasteiger partial charge in [-0.2, -0.15) is 5.10 Å². The number of ether oxygens (including phenoxy) is 1. The van der Waals surface area contributed by atoms with E-state index in [-0.39, 0.29) is 12.5 Å². The van der Waals surface area contributed by atoms with Crippen LogP contribution in [0.25, 0.3) is 11.0 Å². The van der Waals surface area contributed by atoms with Crippen molar-refractivity contribution in [1.29, 1.82) is 0 Å². The van der Waals surface area contributed by atoms with Crippen LogP contribution < -0.4 is 5.32 Å². The number of anilines is 1. The van der Waals surface area contributed by atoms with E-state index in [1.165, 1.54) is 0 Å². The van der Waals surface area contributed by atoms with E-state index in [9.17, 15) is 9.59 Å². The summed E-state index contributed by atoms with van der Waals surface area (Å²) in [6, 6.07) is 7.59. The van der Waals surface area contributed by atoms with Gasteiger partial charge in [0.05, 0.1) is 18.9 Å². The number of hydrogen-bond donors (Lipinski definition) is 1. The van der Waals surface area contributed by atoms with Crippen molar-refractivity contribution in [2.75, 3.05) is 5.32 Å². The zero-order valence-electron chi connectivity index (χ0n) is 15.9. The molecule has 0 aliphatic heterocycles. The van der Waals surface area contributed by atoms with Crippen LogP contribution in [0.5, 0.6) is 0 Å². The van der Waals surface area contributed by atoms with Crippen LogP contribution in [0.15, 0.2) is 41.1 Å². The van der Waals surface area contributed by atoms with E-state index in [0.29, 0.717) is 5.82 Å². The minimum absolute atomic E-state index is 0.0393. The highest BCUT2D eigenvalue weighted by molar-refractivity contribution is 5.95. The van der Waals surface area contributed by atoms with Crippen molar-refractivity contribution >= 4 is 28.7 Å². The predicted molar refractivity (Wildman–Crippen MR) is 101 cm³/mol. The number of amides is 1. The Morgan fingerprint density at radius 3 is 2.78 bits per heavy atom. The summed E-state index contributed by atoms with van der Waals surface area (Å²) in [5.41, 5.74) is 2.54. The normalized spacial score (nSPS) is 12.3. The van der Waals surface area contributed by atoms with E-state index in [4.69, 9.17) is 9.15 Å². The molecule has 0 unspecified atom stereocenters. The zero-order chi connectivity index (χ0) is 19.6. The second kappa shape index (κ2) is 7.65. The Hall–Kier alpha value is -3.09. The lowest BCUT2D eigenvalue weighted by atomic mass is 10.1. The number of nitrogens with zero attached hydrogens (tertiary/aromatic N) is 2. The topological polar surface area (TPSA) is 86.4 Å². The van der Waals surface area contributed by atoms with Gasteiger partial charge in [0.25, 0.3) is 5.91 Å². The van der Waals surface area contributed by atoms with Crippen molar-refractivity contribution in [3.63, 3.8) is 0 Å². The molecular formula is C20H23N3O4. The van der Waals surface area contributed by atoms with E-state index >= 15 is 0 Å². The number of aromatic nitrogens is 2. The van der Waals surface area contributed by atoms with Gasteiger partial charge in [0.2, 0.25) is 0 Å². The van der Waals surface area contributed by atoms with Crippen LogP contribution in [-0.4, -0.2) is 27.8 Å². The van der Waals surface area contributed by atoms with E-state index in [1.54, 1.807) is 30.1 Å². The molecule has 0 fully saturated rings. The fourth-order valence-corrected chi connectivity index (χ4v) is 2.83. The van der Waals surface area contributed by atoms with E-state index in [0.717, 1.165) is 22.1 Å². The highest BCUT2D eigenvalue weighted by Gasteiger charge is 2.21. The van der Waals surface area contributed by atoms with Crippen LogP contribution in [-0.2, 0) is 20.7 Å². The molecule has 3 rings (SSSR count). The summed E-state index contributed by atoms with van der Waals surface area (Å²) in [4.78, 5) is 24.6. The van der Waals surface area contributed by atoms with Gasteiger partial charge < -0.3 is 14.5 Å². The summed E-state index contributed by atoms with van der Waals surface area (Å²) in [5, 5.41) is 7.77. The average Bonchev–Trinajstić information content (AvgIpc) is 3.21. The molecule has 0 spiro atoms. The van der Waals surface area contributed by atoms with E-state index in [2.05, 4.69) is 10.4 Å². The van der Waals surface area contributed by atoms with Gasteiger partial charge in [0, 0.05) is 23.1 Å². The maximum atomic E-state index is 12.3. The van der Waals surface area contributed by atoms with E-state index in [1.807, 2.05) is 39.0 Å². The molecule has 142 valence electrons. The third kappa shape index (κ3) is 4.19. The first-order valence-corrected chi connectivity index (χ1v) is 8.85. The number of furan rings is 1. The van der Waals surface area contributed by atoms with Crippen LogP contribution in [0.3, 0.4) is 0 Å². The van der Waals surface area contributed by atoms with E-state index < -0.39 is 18.0 Å². The first kappa shape index (κ1) is 18.7. The lowest BCUT2D eigenvalue weighted by Gasteiger charge is -2.15. The standard InChI is InChI=1S/C20H23N3O4/c1-12(2)23-18(7-8-21-23)22-20(25)14(4)27-19(24)10-15-11-26-17-9-13(3)5-6-16(15)17/h5-9,11-12,14H,10H2,1-4H3,(H,22,25)/t14-/m0/s1. The number of aryl methyl sites for hydroxylation is 1. The monoisotopic (exact) mass is 369 g/mol. The first-order chi connectivity index (χ1) is 12.8. The van der Waals surface area contributed by atoms with Crippen molar-refractivity contribution in [1.82, 2.24) is 9.78 Å². The molecule has 0 radical (unpaired) electrons. The van der Waals surface area contributed by atoms with Crippen LogP contribution in [0, 0.1) is 6.92 Å². The van der Waals surface area contributed by atoms with Gasteiger partial charge in [-0.25, -0.2) is 4.68 Å². The minimum atomic E-state index is -0.923. The van der Waals surface area contributed by atoms with Gasteiger partial charge in [0.15, 0.2) is 6.10 Å². The number of fused-ring (bicyclic) bond motifs is 1. The minimum Gasteiger partial charge on any atom is -0.464 e. The van der Waals surface area contributed by atoms with Crippen molar-refractivity contribution in [2.24, 2.45) is 0 Å². The third-order valence-electron chi connectivity index (χ3n) is 4.23. The van der Waals surface area contributed by atoms with Crippen LogP contribution in [0.1, 0.15) is 37.9 Å². The summed E-state index contributed by atoms with van der Waals surface area (Å²) in [6.07, 6.45) is 2.28. The quantitative estimate of drug-likeness (QED) is 0.671. The lowest BCUT2D eigenvalue weighted by Crippen LogP contribution is -2.31. The molecule has 0 bridgehead atoms. The molecule has 0 aliphatic carbocycles. The molecule has 7 heteroatoms. The Bertz CT molecular complexity index is 971. The van der Waals surface area contributed by atoms with Crippen LogP contribution in [0.4, 0.5) is 5.82 Å².